The Hall–Kier alpha value is -1.95. The Morgan fingerprint density at radius 3 is 2.50 bits per heavy atom. The lowest BCUT2D eigenvalue weighted by Gasteiger charge is -2.20. The van der Waals surface area contributed by atoms with Crippen LogP contribution in [0.4, 0.5) is 4.79 Å². The van der Waals surface area contributed by atoms with E-state index in [0.717, 1.165) is 0 Å². The van der Waals surface area contributed by atoms with Gasteiger partial charge in [-0.2, -0.15) is 0 Å². The van der Waals surface area contributed by atoms with Crippen LogP contribution in [0.15, 0.2) is 5.11 Å². The van der Waals surface area contributed by atoms with E-state index >= 15 is 0 Å². The van der Waals surface area contributed by atoms with Gasteiger partial charge in [0, 0.05) is 0 Å². The summed E-state index contributed by atoms with van der Waals surface area (Å²) in [5.74, 6) is -1.27. The highest BCUT2D eigenvalue weighted by Gasteiger charge is 2.24. The summed E-state index contributed by atoms with van der Waals surface area (Å²) in [5.41, 5.74) is 5.68. The van der Waals surface area contributed by atoms with Crippen molar-refractivity contribution in [3.63, 3.8) is 0 Å². The third-order valence-electron chi connectivity index (χ3n) is 1.32. The maximum absolute atomic E-state index is 11.2. The normalized spacial score (nSPS) is 12.2. The van der Waals surface area contributed by atoms with Crippen molar-refractivity contribution in [1.29, 1.82) is 5.53 Å². The highest BCUT2D eigenvalue weighted by Crippen LogP contribution is 2.06. The molecule has 0 rings (SSSR count). The van der Waals surface area contributed by atoms with Crippen LogP contribution in [0.25, 0.3) is 0 Å². The van der Waals surface area contributed by atoms with Crippen LogP contribution in [0, 0.1) is 5.53 Å². The van der Waals surface area contributed by atoms with E-state index in [1.54, 1.807) is 20.8 Å². The van der Waals surface area contributed by atoms with Gasteiger partial charge in [0.2, 0.25) is 4.91 Å². The molecule has 0 fully saturated rings. The van der Waals surface area contributed by atoms with Crippen LogP contribution in [0.3, 0.4) is 0 Å². The summed E-state index contributed by atoms with van der Waals surface area (Å²) in [6.07, 6.45) is -0.847. The number of nitrogens with zero attached hydrogens (tertiary/aromatic N) is 2. The van der Waals surface area contributed by atoms with Crippen molar-refractivity contribution in [2.75, 3.05) is 6.54 Å². The number of carboxylic acid groups (broad SMARTS) is 1. The third kappa shape index (κ3) is 6.50. The molecule has 0 aromatic rings. The maximum atomic E-state index is 11.2. The van der Waals surface area contributed by atoms with Gasteiger partial charge in [-0.1, -0.05) is 0 Å². The predicted octanol–water partition coefficient (Wildman–Crippen LogP) is 0.515. The number of nitrogens with one attached hydrogen (secondary N) is 2. The quantitative estimate of drug-likeness (QED) is 0.481. The lowest BCUT2D eigenvalue weighted by Crippen LogP contribution is -2.45. The molecule has 0 aliphatic heterocycles. The first-order chi connectivity index (χ1) is 7.26. The molecule has 0 aliphatic rings. The second kappa shape index (κ2) is 5.82. The molecule has 0 spiro atoms. The fourth-order valence-electron chi connectivity index (χ4n) is 0.758. The summed E-state index contributed by atoms with van der Waals surface area (Å²) in [4.78, 5) is 24.6. The fraction of sp³-hybridized carbons (Fsp3) is 0.750. The fourth-order valence-corrected chi connectivity index (χ4v) is 0.758. The Labute approximate surface area is 92.2 Å². The Morgan fingerprint density at radius 1 is 1.56 bits per heavy atom. The number of amides is 1. The van der Waals surface area contributed by atoms with Gasteiger partial charge < -0.3 is 15.2 Å². The Bertz CT molecular complexity index is 316. The molecule has 1 amide bonds. The largest absolute Gasteiger partial charge is 0.480 e. The zero-order valence-corrected chi connectivity index (χ0v) is 9.35. The van der Waals surface area contributed by atoms with Crippen LogP contribution in [0.5, 0.6) is 0 Å². The molecule has 0 aromatic heterocycles. The van der Waals surface area contributed by atoms with Crippen molar-refractivity contribution < 1.29 is 19.4 Å². The minimum Gasteiger partial charge on any atom is -0.480 e. The minimum atomic E-state index is -1.27. The number of ether oxygens (including phenoxy) is 1. The van der Waals surface area contributed by atoms with Gasteiger partial charge in [0.25, 0.3) is 0 Å². The van der Waals surface area contributed by atoms with E-state index in [-0.39, 0.29) is 6.54 Å². The molecule has 0 aromatic carbocycles. The zero-order chi connectivity index (χ0) is 12.8. The SMILES string of the molecule is CC(C)(C)OC(=O)NC(CN=[N+]=N)C(=O)O. The summed E-state index contributed by atoms with van der Waals surface area (Å²) in [6.45, 7) is 4.67. The monoisotopic (exact) mass is 231 g/mol. The number of aliphatic carboxylic acids is 1. The summed E-state index contributed by atoms with van der Waals surface area (Å²) >= 11 is 0. The molecule has 0 aliphatic carbocycles. The minimum absolute atomic E-state index is 0.307. The van der Waals surface area contributed by atoms with Gasteiger partial charge in [0.1, 0.15) is 16.2 Å². The number of carbonyl (C=O) groups is 2. The Morgan fingerprint density at radius 2 is 2.12 bits per heavy atom. The van der Waals surface area contributed by atoms with Crippen molar-refractivity contribution in [3.05, 3.63) is 0 Å². The van der Waals surface area contributed by atoms with Crippen LogP contribution in [-0.4, -0.2) is 35.4 Å². The lowest BCUT2D eigenvalue weighted by atomic mass is 10.2. The molecule has 8 heteroatoms. The molecule has 0 heterocycles. The number of carboxylic acids is 1. The molecular formula is C8H15N4O4+. The van der Waals surface area contributed by atoms with Gasteiger partial charge in [-0.3, -0.25) is 0 Å². The van der Waals surface area contributed by atoms with Gasteiger partial charge in [-0.05, 0) is 20.8 Å². The molecule has 1 unspecified atom stereocenters. The van der Waals surface area contributed by atoms with Gasteiger partial charge >= 0.3 is 12.1 Å². The first-order valence-electron chi connectivity index (χ1n) is 4.52. The van der Waals surface area contributed by atoms with E-state index in [4.69, 9.17) is 15.4 Å². The van der Waals surface area contributed by atoms with E-state index in [1.807, 2.05) is 0 Å². The topological polar surface area (TPSA) is 126 Å². The van der Waals surface area contributed by atoms with Crippen molar-refractivity contribution in [1.82, 2.24) is 10.2 Å². The standard InChI is InChI=1S/C8H14N4O4/c1-8(2,3)16-7(15)11-5(6(13)14)4-10-12-9/h5,9H,4H2,1-3H3,(H-,11,13,14,15)/p+1. The Kier molecular flexibility index (Phi) is 5.11. The highest BCUT2D eigenvalue weighted by atomic mass is 16.6. The molecule has 0 radical (unpaired) electrons. The van der Waals surface area contributed by atoms with E-state index < -0.39 is 23.7 Å². The van der Waals surface area contributed by atoms with Crippen molar-refractivity contribution >= 4 is 12.1 Å². The van der Waals surface area contributed by atoms with Gasteiger partial charge in [-0.25, -0.2) is 9.59 Å². The number of rotatable bonds is 4. The first-order valence-corrected chi connectivity index (χ1v) is 4.52. The molecule has 0 bridgehead atoms. The molecule has 0 saturated carbocycles. The number of hydrogen-bond acceptors (Lipinski definition) is 5. The molecule has 1 atom stereocenters. The molecule has 0 saturated heterocycles. The second-order valence-electron chi connectivity index (χ2n) is 3.96. The smallest absolute Gasteiger partial charge is 0.408 e. The number of carbonyl (C=O) groups excluding carboxylic acids is 1. The first kappa shape index (κ1) is 14.1. The average molecular weight is 231 g/mol. The molecule has 8 nitrogen and oxygen atoms in total. The van der Waals surface area contributed by atoms with E-state index in [1.165, 1.54) is 0 Å². The van der Waals surface area contributed by atoms with E-state index in [2.05, 4.69) is 15.3 Å². The molecule has 16 heavy (non-hydrogen) atoms. The molecular weight excluding hydrogens is 216 g/mol. The van der Waals surface area contributed by atoms with Crippen molar-refractivity contribution in [3.8, 4) is 0 Å². The summed E-state index contributed by atoms with van der Waals surface area (Å²) in [5, 5.41) is 14.0. The predicted molar refractivity (Wildman–Crippen MR) is 52.9 cm³/mol. The van der Waals surface area contributed by atoms with Gasteiger partial charge in [0.05, 0.1) is 0 Å². The maximum Gasteiger partial charge on any atom is 0.408 e. The van der Waals surface area contributed by atoms with E-state index in [0.29, 0.717) is 0 Å². The number of hydrogen-bond donors (Lipinski definition) is 3. The van der Waals surface area contributed by atoms with Gasteiger partial charge in [0.15, 0.2) is 12.6 Å². The van der Waals surface area contributed by atoms with Crippen molar-refractivity contribution in [2.45, 2.75) is 32.4 Å². The van der Waals surface area contributed by atoms with E-state index in [9.17, 15) is 9.59 Å². The second-order valence-corrected chi connectivity index (χ2v) is 3.96. The van der Waals surface area contributed by atoms with Crippen LogP contribution in [0.1, 0.15) is 20.8 Å². The number of alkyl carbamates (subject to hydrolysis) is 1. The zero-order valence-electron chi connectivity index (χ0n) is 9.35. The third-order valence-corrected chi connectivity index (χ3v) is 1.32. The van der Waals surface area contributed by atoms with Crippen LogP contribution < -0.4 is 10.2 Å². The van der Waals surface area contributed by atoms with Gasteiger partial charge in [-0.15, -0.1) is 0 Å². The Balaban J connectivity index is 4.35. The summed E-state index contributed by atoms with van der Waals surface area (Å²) in [6, 6.07) is -1.25. The summed E-state index contributed by atoms with van der Waals surface area (Å²) < 4.78 is 4.87. The highest BCUT2D eigenvalue weighted by molar-refractivity contribution is 5.80. The van der Waals surface area contributed by atoms with Crippen LogP contribution in [0.2, 0.25) is 0 Å². The molecule has 90 valence electrons. The van der Waals surface area contributed by atoms with Crippen molar-refractivity contribution in [2.24, 2.45) is 5.11 Å². The van der Waals surface area contributed by atoms with Crippen LogP contribution in [-0.2, 0) is 9.53 Å². The lowest BCUT2D eigenvalue weighted by molar-refractivity contribution is -0.139. The average Bonchev–Trinajstić information content (AvgIpc) is 2.08. The summed E-state index contributed by atoms with van der Waals surface area (Å²) in [7, 11) is 0. The molecule has 3 N–H and O–H groups in total. The van der Waals surface area contributed by atoms with Crippen LogP contribution >= 0.6 is 0 Å².